The number of halogens is 2. The predicted octanol–water partition coefficient (Wildman–Crippen LogP) is 3.01. The quantitative estimate of drug-likeness (QED) is 0.630. The van der Waals surface area contributed by atoms with Crippen molar-refractivity contribution in [3.63, 3.8) is 0 Å². The van der Waals surface area contributed by atoms with Gasteiger partial charge >= 0.3 is 12.6 Å². The standard InChI is InChI=1S/C20H18F2N2O5/c1-10(25)11-3-5-12(6-4-11)24-15-9-13(29-20(21)22)7-8-14(15)17(23)16(18(24)26)19(27)28-2/h3-10,20,25H,23H2,1-2H3/t10-/m1/s1/i2D3. The molecule has 9 heteroatoms. The second-order valence-electron chi connectivity index (χ2n) is 6.14. The largest absolute Gasteiger partial charge is 0.465 e. The first-order valence-corrected chi connectivity index (χ1v) is 8.34. The number of rotatable bonds is 5. The molecule has 0 saturated heterocycles. The summed E-state index contributed by atoms with van der Waals surface area (Å²) in [4.78, 5) is 25.7. The Balaban J connectivity index is 2.34. The number of alkyl halides is 2. The molecule has 1 heterocycles. The first-order chi connectivity index (χ1) is 14.9. The highest BCUT2D eigenvalue weighted by Crippen LogP contribution is 2.29. The predicted molar refractivity (Wildman–Crippen MR) is 103 cm³/mol. The van der Waals surface area contributed by atoms with Crippen LogP contribution in [0.15, 0.2) is 47.3 Å². The molecule has 0 radical (unpaired) electrons. The van der Waals surface area contributed by atoms with Gasteiger partial charge in [0, 0.05) is 17.1 Å². The average Bonchev–Trinajstić information content (AvgIpc) is 2.66. The smallest absolute Gasteiger partial charge is 0.387 e. The summed E-state index contributed by atoms with van der Waals surface area (Å²) in [5.41, 5.74) is 4.61. The van der Waals surface area contributed by atoms with E-state index in [0.29, 0.717) is 5.56 Å². The molecule has 0 aliphatic rings. The number of pyridine rings is 1. The number of carbonyl (C=O) groups is 1. The number of aliphatic hydroxyl groups is 1. The lowest BCUT2D eigenvalue weighted by Gasteiger charge is -2.16. The molecule has 1 atom stereocenters. The van der Waals surface area contributed by atoms with Crippen molar-refractivity contribution in [2.45, 2.75) is 19.6 Å². The fraction of sp³-hybridized carbons (Fsp3) is 0.200. The summed E-state index contributed by atoms with van der Waals surface area (Å²) in [5.74, 6) is -1.73. The maximum Gasteiger partial charge on any atom is 0.387 e. The Labute approximate surface area is 168 Å². The Bertz CT molecular complexity index is 1230. The molecule has 0 fully saturated rings. The minimum absolute atomic E-state index is 0.0286. The van der Waals surface area contributed by atoms with E-state index in [1.165, 1.54) is 37.3 Å². The molecule has 7 nitrogen and oxygen atoms in total. The van der Waals surface area contributed by atoms with Crippen LogP contribution in [0.2, 0.25) is 0 Å². The normalized spacial score (nSPS) is 14.2. The van der Waals surface area contributed by atoms with E-state index in [1.807, 2.05) is 0 Å². The fourth-order valence-corrected chi connectivity index (χ4v) is 2.98. The number of anilines is 1. The van der Waals surface area contributed by atoms with Gasteiger partial charge in [0.15, 0.2) is 0 Å². The number of benzene rings is 2. The first-order valence-electron chi connectivity index (χ1n) is 9.84. The van der Waals surface area contributed by atoms with Gasteiger partial charge in [0.1, 0.15) is 11.3 Å². The van der Waals surface area contributed by atoms with Crippen LogP contribution in [-0.4, -0.2) is 29.3 Å². The SMILES string of the molecule is [2H]C([2H])([2H])OC(=O)c1c(N)c2ccc(OC(F)F)cc2n(-c2ccc([C@@H](C)O)cc2)c1=O. The number of ether oxygens (including phenoxy) is 2. The number of esters is 1. The highest BCUT2D eigenvalue weighted by atomic mass is 19.3. The van der Waals surface area contributed by atoms with E-state index in [4.69, 9.17) is 9.85 Å². The molecule has 3 N–H and O–H groups in total. The van der Waals surface area contributed by atoms with Gasteiger partial charge in [-0.15, -0.1) is 0 Å². The van der Waals surface area contributed by atoms with Crippen LogP contribution in [0.4, 0.5) is 14.5 Å². The zero-order chi connectivity index (χ0) is 23.8. The second kappa shape index (κ2) is 7.88. The first kappa shape index (κ1) is 16.5. The highest BCUT2D eigenvalue weighted by Gasteiger charge is 2.23. The third-order valence-corrected chi connectivity index (χ3v) is 4.34. The van der Waals surface area contributed by atoms with Crippen LogP contribution in [0, 0.1) is 0 Å². The monoisotopic (exact) mass is 407 g/mol. The van der Waals surface area contributed by atoms with Gasteiger partial charge in [0.25, 0.3) is 5.56 Å². The summed E-state index contributed by atoms with van der Waals surface area (Å²) in [6, 6.07) is 9.52. The lowest BCUT2D eigenvalue weighted by Crippen LogP contribution is -2.28. The number of nitrogens with two attached hydrogens (primary N) is 1. The molecule has 0 unspecified atom stereocenters. The lowest BCUT2D eigenvalue weighted by atomic mass is 10.1. The summed E-state index contributed by atoms with van der Waals surface area (Å²) in [7, 11) is -3.12. The third-order valence-electron chi connectivity index (χ3n) is 4.34. The zero-order valence-corrected chi connectivity index (χ0v) is 15.1. The molecular weight excluding hydrogens is 386 g/mol. The summed E-state index contributed by atoms with van der Waals surface area (Å²) >= 11 is 0. The Morgan fingerprint density at radius 2 is 1.93 bits per heavy atom. The molecule has 3 aromatic rings. The van der Waals surface area contributed by atoms with Crippen molar-refractivity contribution < 1.29 is 32.3 Å². The molecule has 0 bridgehead atoms. The van der Waals surface area contributed by atoms with E-state index in [0.717, 1.165) is 16.7 Å². The Kier molecular flexibility index (Phi) is 4.48. The Morgan fingerprint density at radius 3 is 2.52 bits per heavy atom. The minimum Gasteiger partial charge on any atom is -0.465 e. The van der Waals surface area contributed by atoms with Crippen molar-refractivity contribution in [3.8, 4) is 11.4 Å². The molecule has 0 aliphatic carbocycles. The van der Waals surface area contributed by atoms with Crippen LogP contribution < -0.4 is 16.0 Å². The number of fused-ring (bicyclic) bond motifs is 1. The Morgan fingerprint density at radius 1 is 1.24 bits per heavy atom. The van der Waals surface area contributed by atoms with E-state index in [-0.39, 0.29) is 28.0 Å². The summed E-state index contributed by atoms with van der Waals surface area (Å²) in [5, 5.41) is 9.81. The molecular formula is C20H18F2N2O5. The van der Waals surface area contributed by atoms with Crippen LogP contribution in [0.5, 0.6) is 5.75 Å². The van der Waals surface area contributed by atoms with E-state index in [1.54, 1.807) is 0 Å². The topological polar surface area (TPSA) is 104 Å². The van der Waals surface area contributed by atoms with E-state index in [9.17, 15) is 23.5 Å². The number of hydrogen-bond acceptors (Lipinski definition) is 6. The van der Waals surface area contributed by atoms with E-state index < -0.39 is 36.8 Å². The lowest BCUT2D eigenvalue weighted by molar-refractivity contribution is -0.0497. The number of aliphatic hydroxyl groups excluding tert-OH is 1. The van der Waals surface area contributed by atoms with Crippen molar-refractivity contribution >= 4 is 22.6 Å². The molecule has 1 aromatic heterocycles. The number of nitrogens with zero attached hydrogens (tertiary/aromatic N) is 1. The third kappa shape index (κ3) is 3.77. The van der Waals surface area contributed by atoms with E-state index >= 15 is 0 Å². The van der Waals surface area contributed by atoms with Gasteiger partial charge in [0.2, 0.25) is 0 Å². The van der Waals surface area contributed by atoms with Gasteiger partial charge in [-0.25, -0.2) is 4.79 Å². The van der Waals surface area contributed by atoms with Crippen LogP contribution in [0.3, 0.4) is 0 Å². The van der Waals surface area contributed by atoms with Gasteiger partial charge in [0.05, 0.1) is 28.5 Å². The van der Waals surface area contributed by atoms with Crippen LogP contribution in [0.1, 0.15) is 33.1 Å². The second-order valence-corrected chi connectivity index (χ2v) is 6.14. The summed E-state index contributed by atoms with van der Waals surface area (Å²) in [6.07, 6.45) is -0.792. The number of aromatic nitrogens is 1. The van der Waals surface area contributed by atoms with Crippen molar-refractivity contribution in [1.82, 2.24) is 4.57 Å². The maximum absolute atomic E-state index is 13.2. The molecule has 29 heavy (non-hydrogen) atoms. The molecule has 0 saturated carbocycles. The summed E-state index contributed by atoms with van der Waals surface area (Å²) < 4.78 is 56.5. The average molecular weight is 407 g/mol. The molecule has 3 rings (SSSR count). The highest BCUT2D eigenvalue weighted by molar-refractivity contribution is 6.04. The van der Waals surface area contributed by atoms with E-state index in [2.05, 4.69) is 9.47 Å². The van der Waals surface area contributed by atoms with Crippen LogP contribution >= 0.6 is 0 Å². The Hall–Kier alpha value is -3.46. The zero-order valence-electron chi connectivity index (χ0n) is 18.1. The number of hydrogen-bond donors (Lipinski definition) is 2. The number of nitrogen functional groups attached to an aromatic ring is 1. The fourth-order valence-electron chi connectivity index (χ4n) is 2.98. The van der Waals surface area contributed by atoms with Gasteiger partial charge in [-0.1, -0.05) is 12.1 Å². The molecule has 0 spiro atoms. The van der Waals surface area contributed by atoms with Crippen molar-refractivity contribution in [1.29, 1.82) is 0 Å². The van der Waals surface area contributed by atoms with Crippen molar-refractivity contribution in [3.05, 3.63) is 63.9 Å². The van der Waals surface area contributed by atoms with Crippen molar-refractivity contribution in [2.24, 2.45) is 0 Å². The number of methoxy groups -OCH3 is 1. The summed E-state index contributed by atoms with van der Waals surface area (Å²) in [6.45, 7) is -1.58. The van der Waals surface area contributed by atoms with Gasteiger partial charge in [-0.2, -0.15) is 8.78 Å². The molecule has 152 valence electrons. The number of carbonyl (C=O) groups excluding carboxylic acids is 1. The van der Waals surface area contributed by atoms with Crippen LogP contribution in [0.25, 0.3) is 16.6 Å². The van der Waals surface area contributed by atoms with Crippen LogP contribution in [-0.2, 0) is 4.74 Å². The van der Waals surface area contributed by atoms with Gasteiger partial charge in [-0.05, 0) is 36.8 Å². The minimum atomic E-state index is -3.12. The van der Waals surface area contributed by atoms with Gasteiger partial charge in [-0.3, -0.25) is 9.36 Å². The maximum atomic E-state index is 13.2. The van der Waals surface area contributed by atoms with Crippen molar-refractivity contribution in [2.75, 3.05) is 12.8 Å². The molecule has 0 aliphatic heterocycles. The van der Waals surface area contributed by atoms with Gasteiger partial charge < -0.3 is 20.3 Å². The molecule has 0 amide bonds. The molecule has 2 aromatic carbocycles.